The van der Waals surface area contributed by atoms with Crippen molar-refractivity contribution < 1.29 is 9.59 Å². The average molecular weight is 356 g/mol. The minimum Gasteiger partial charge on any atom is -0.347 e. The summed E-state index contributed by atoms with van der Waals surface area (Å²) < 4.78 is 0. The van der Waals surface area contributed by atoms with Crippen molar-refractivity contribution in [2.45, 2.75) is 6.54 Å². The molecule has 27 heavy (non-hydrogen) atoms. The molecule has 0 bridgehead atoms. The van der Waals surface area contributed by atoms with Gasteiger partial charge in [0, 0.05) is 12.1 Å². The fraction of sp³-hybridized carbons (Fsp3) is 0.0435. The van der Waals surface area contributed by atoms with Gasteiger partial charge in [0.25, 0.3) is 11.8 Å². The van der Waals surface area contributed by atoms with Crippen molar-refractivity contribution in [1.29, 1.82) is 0 Å². The van der Waals surface area contributed by atoms with Crippen molar-refractivity contribution in [1.82, 2.24) is 10.6 Å². The van der Waals surface area contributed by atoms with Crippen LogP contribution in [0.3, 0.4) is 0 Å². The van der Waals surface area contributed by atoms with Gasteiger partial charge in [0.2, 0.25) is 0 Å². The molecule has 2 N–H and O–H groups in total. The molecule has 0 spiro atoms. The van der Waals surface area contributed by atoms with Crippen LogP contribution in [0.15, 0.2) is 96.7 Å². The Morgan fingerprint density at radius 3 is 1.93 bits per heavy atom. The number of amides is 2. The van der Waals surface area contributed by atoms with Gasteiger partial charge in [-0.1, -0.05) is 78.9 Å². The summed E-state index contributed by atoms with van der Waals surface area (Å²) in [6, 6.07) is 27.8. The van der Waals surface area contributed by atoms with Crippen LogP contribution in [0.25, 0.3) is 6.08 Å². The molecule has 3 rings (SSSR count). The lowest BCUT2D eigenvalue weighted by Gasteiger charge is -2.11. The molecule has 3 aromatic carbocycles. The highest BCUT2D eigenvalue weighted by atomic mass is 16.2. The van der Waals surface area contributed by atoms with Gasteiger partial charge in [-0.05, 0) is 29.3 Å². The lowest BCUT2D eigenvalue weighted by molar-refractivity contribution is -0.117. The molecule has 3 aromatic rings. The maximum atomic E-state index is 12.7. The van der Waals surface area contributed by atoms with Crippen LogP contribution in [0, 0.1) is 0 Å². The summed E-state index contributed by atoms with van der Waals surface area (Å²) in [5.41, 5.74) is 2.51. The summed E-state index contributed by atoms with van der Waals surface area (Å²) in [6.07, 6.45) is 1.67. The summed E-state index contributed by atoms with van der Waals surface area (Å²) in [5, 5.41) is 5.58. The van der Waals surface area contributed by atoms with Crippen LogP contribution >= 0.6 is 0 Å². The third-order valence-electron chi connectivity index (χ3n) is 3.94. The van der Waals surface area contributed by atoms with Crippen molar-refractivity contribution in [3.63, 3.8) is 0 Å². The summed E-state index contributed by atoms with van der Waals surface area (Å²) >= 11 is 0. The van der Waals surface area contributed by atoms with Gasteiger partial charge in [-0.2, -0.15) is 0 Å². The summed E-state index contributed by atoms with van der Waals surface area (Å²) in [7, 11) is 0. The Morgan fingerprint density at radius 2 is 1.30 bits per heavy atom. The number of hydrogen-bond acceptors (Lipinski definition) is 2. The second-order valence-electron chi connectivity index (χ2n) is 5.96. The molecule has 0 unspecified atom stereocenters. The van der Waals surface area contributed by atoms with E-state index in [1.54, 1.807) is 30.3 Å². The largest absolute Gasteiger partial charge is 0.347 e. The van der Waals surface area contributed by atoms with Crippen LogP contribution in [-0.2, 0) is 11.3 Å². The number of rotatable bonds is 6. The number of hydrogen-bond donors (Lipinski definition) is 2. The second-order valence-corrected chi connectivity index (χ2v) is 5.96. The number of nitrogens with one attached hydrogen (secondary N) is 2. The second kappa shape index (κ2) is 9.15. The van der Waals surface area contributed by atoms with Crippen LogP contribution in [0.2, 0.25) is 0 Å². The minimum absolute atomic E-state index is 0.200. The predicted molar refractivity (Wildman–Crippen MR) is 107 cm³/mol. The number of benzene rings is 3. The fourth-order valence-corrected chi connectivity index (χ4v) is 2.53. The van der Waals surface area contributed by atoms with Gasteiger partial charge in [0.05, 0.1) is 0 Å². The molecule has 0 fully saturated rings. The molecule has 134 valence electrons. The maximum absolute atomic E-state index is 12.7. The zero-order chi connectivity index (χ0) is 18.9. The molecule has 0 radical (unpaired) electrons. The fourth-order valence-electron chi connectivity index (χ4n) is 2.53. The monoisotopic (exact) mass is 356 g/mol. The quantitative estimate of drug-likeness (QED) is 0.661. The molecule has 0 aromatic heterocycles. The molecular weight excluding hydrogens is 336 g/mol. The molecule has 0 saturated heterocycles. The molecule has 0 saturated carbocycles. The third kappa shape index (κ3) is 5.41. The van der Waals surface area contributed by atoms with Crippen LogP contribution in [0.5, 0.6) is 0 Å². The molecule has 2 amide bonds. The van der Waals surface area contributed by atoms with Crippen molar-refractivity contribution in [3.05, 3.63) is 113 Å². The van der Waals surface area contributed by atoms with Crippen LogP contribution < -0.4 is 10.6 Å². The van der Waals surface area contributed by atoms with Gasteiger partial charge >= 0.3 is 0 Å². The van der Waals surface area contributed by atoms with Crippen LogP contribution in [0.1, 0.15) is 21.5 Å². The summed E-state index contributed by atoms with van der Waals surface area (Å²) in [6.45, 7) is 0.382. The Hall–Kier alpha value is -3.66. The predicted octanol–water partition coefficient (Wildman–Crippen LogP) is 3.77. The zero-order valence-electron chi connectivity index (χ0n) is 14.8. The topological polar surface area (TPSA) is 58.2 Å². The van der Waals surface area contributed by atoms with Gasteiger partial charge in [-0.25, -0.2) is 0 Å². The average Bonchev–Trinajstić information content (AvgIpc) is 2.73. The highest BCUT2D eigenvalue weighted by molar-refractivity contribution is 6.05. The Labute approximate surface area is 158 Å². The van der Waals surface area contributed by atoms with E-state index < -0.39 is 0 Å². The zero-order valence-corrected chi connectivity index (χ0v) is 14.8. The highest BCUT2D eigenvalue weighted by Gasteiger charge is 2.14. The van der Waals surface area contributed by atoms with E-state index in [1.165, 1.54) is 0 Å². The SMILES string of the molecule is O=C(NCc1ccccc1)C(=Cc1ccccc1)NC(=O)c1ccccc1. The third-order valence-corrected chi connectivity index (χ3v) is 3.94. The van der Waals surface area contributed by atoms with E-state index >= 15 is 0 Å². The Morgan fingerprint density at radius 1 is 0.741 bits per heavy atom. The lowest BCUT2D eigenvalue weighted by Crippen LogP contribution is -2.34. The first-order valence-electron chi connectivity index (χ1n) is 8.67. The van der Waals surface area contributed by atoms with E-state index in [1.807, 2.05) is 66.7 Å². The standard InChI is InChI=1S/C23H20N2O2/c26-22(20-14-8-3-9-15-20)25-21(16-18-10-4-1-5-11-18)23(27)24-17-19-12-6-2-7-13-19/h1-16H,17H2,(H,24,27)(H,25,26). The van der Waals surface area contributed by atoms with Gasteiger partial charge in [-0.3, -0.25) is 9.59 Å². The smallest absolute Gasteiger partial charge is 0.268 e. The van der Waals surface area contributed by atoms with Crippen molar-refractivity contribution in [3.8, 4) is 0 Å². The van der Waals surface area contributed by atoms with E-state index in [2.05, 4.69) is 10.6 Å². The van der Waals surface area contributed by atoms with Gasteiger partial charge in [0.15, 0.2) is 0 Å². The molecule has 0 aliphatic heterocycles. The summed E-state index contributed by atoms with van der Waals surface area (Å²) in [4.78, 5) is 25.2. The highest BCUT2D eigenvalue weighted by Crippen LogP contribution is 2.08. The number of carbonyl (C=O) groups is 2. The first-order chi connectivity index (χ1) is 13.2. The van der Waals surface area contributed by atoms with E-state index in [0.717, 1.165) is 11.1 Å². The Balaban J connectivity index is 1.78. The van der Waals surface area contributed by atoms with E-state index in [0.29, 0.717) is 12.1 Å². The van der Waals surface area contributed by atoms with Crippen LogP contribution in [-0.4, -0.2) is 11.8 Å². The lowest BCUT2D eigenvalue weighted by atomic mass is 10.1. The number of carbonyl (C=O) groups excluding carboxylic acids is 2. The van der Waals surface area contributed by atoms with Crippen molar-refractivity contribution in [2.24, 2.45) is 0 Å². The Bertz CT molecular complexity index is 920. The van der Waals surface area contributed by atoms with E-state index in [-0.39, 0.29) is 17.5 Å². The van der Waals surface area contributed by atoms with Gasteiger partial charge in [0.1, 0.15) is 5.70 Å². The maximum Gasteiger partial charge on any atom is 0.268 e. The first-order valence-corrected chi connectivity index (χ1v) is 8.67. The summed E-state index contributed by atoms with van der Waals surface area (Å²) in [5.74, 6) is -0.667. The Kier molecular flexibility index (Phi) is 6.15. The molecule has 0 aliphatic carbocycles. The molecule has 4 heteroatoms. The van der Waals surface area contributed by atoms with Crippen molar-refractivity contribution >= 4 is 17.9 Å². The van der Waals surface area contributed by atoms with Gasteiger partial charge in [-0.15, -0.1) is 0 Å². The molecule has 0 heterocycles. The minimum atomic E-state index is -0.341. The molecule has 0 atom stereocenters. The van der Waals surface area contributed by atoms with Gasteiger partial charge < -0.3 is 10.6 Å². The van der Waals surface area contributed by atoms with Crippen LogP contribution in [0.4, 0.5) is 0 Å². The van der Waals surface area contributed by atoms with E-state index in [4.69, 9.17) is 0 Å². The van der Waals surface area contributed by atoms with Crippen molar-refractivity contribution in [2.75, 3.05) is 0 Å². The van der Waals surface area contributed by atoms with E-state index in [9.17, 15) is 9.59 Å². The first kappa shape index (κ1) is 18.1. The molecule has 4 nitrogen and oxygen atoms in total. The molecule has 0 aliphatic rings. The molecular formula is C23H20N2O2. The normalized spacial score (nSPS) is 10.9.